The van der Waals surface area contributed by atoms with Gasteiger partial charge in [0.1, 0.15) is 0 Å². The van der Waals surface area contributed by atoms with Gasteiger partial charge in [0.25, 0.3) is 0 Å². The Hall–Kier alpha value is -0.570. The van der Waals surface area contributed by atoms with Crippen LogP contribution in [-0.2, 0) is 4.79 Å². The van der Waals surface area contributed by atoms with Crippen LogP contribution in [-0.4, -0.2) is 37.0 Å². The first-order valence-electron chi connectivity index (χ1n) is 4.25. The summed E-state index contributed by atoms with van der Waals surface area (Å²) in [6.07, 6.45) is 2.18. The maximum absolute atomic E-state index is 11.2. The lowest BCUT2D eigenvalue weighted by molar-refractivity contribution is -0.124. The molecule has 3 nitrogen and oxygen atoms in total. The molecule has 0 aromatic rings. The highest BCUT2D eigenvalue weighted by molar-refractivity contribution is 5.81. The fraction of sp³-hybridized carbons (Fsp3) is 0.875. The predicted molar refractivity (Wildman–Crippen MR) is 44.3 cm³/mol. The zero-order chi connectivity index (χ0) is 8.27. The first kappa shape index (κ1) is 8.53. The lowest BCUT2D eigenvalue weighted by atomic mass is 10.2. The third-order valence-corrected chi connectivity index (χ3v) is 2.32. The summed E-state index contributed by atoms with van der Waals surface area (Å²) in [5.41, 5.74) is 0. The second-order valence-corrected chi connectivity index (χ2v) is 2.90. The number of hydrogen-bond donors (Lipinski definition) is 1. The van der Waals surface area contributed by atoms with E-state index in [4.69, 9.17) is 0 Å². The Morgan fingerprint density at radius 3 is 3.00 bits per heavy atom. The molecule has 11 heavy (non-hydrogen) atoms. The number of rotatable bonds is 2. The molecule has 0 aromatic carbocycles. The fourth-order valence-corrected chi connectivity index (χ4v) is 1.67. The second-order valence-electron chi connectivity index (χ2n) is 2.90. The Labute approximate surface area is 67.8 Å². The molecule has 0 bridgehead atoms. The molecule has 1 amide bonds. The Balaban J connectivity index is 2.49. The molecule has 3 heteroatoms. The summed E-state index contributed by atoms with van der Waals surface area (Å²) in [5, 5.41) is 2.69. The highest BCUT2D eigenvalue weighted by Crippen LogP contribution is 2.15. The lowest BCUT2D eigenvalue weighted by Crippen LogP contribution is -2.41. The number of amides is 1. The Morgan fingerprint density at radius 2 is 2.45 bits per heavy atom. The average Bonchev–Trinajstić information content (AvgIpc) is 2.50. The van der Waals surface area contributed by atoms with E-state index in [1.54, 1.807) is 7.05 Å². The van der Waals surface area contributed by atoms with E-state index in [9.17, 15) is 4.79 Å². The van der Waals surface area contributed by atoms with Crippen molar-refractivity contribution in [2.45, 2.75) is 25.8 Å². The van der Waals surface area contributed by atoms with E-state index in [1.807, 2.05) is 0 Å². The van der Waals surface area contributed by atoms with E-state index in [0.717, 1.165) is 25.9 Å². The van der Waals surface area contributed by atoms with Crippen LogP contribution in [0.2, 0.25) is 0 Å². The van der Waals surface area contributed by atoms with E-state index in [0.29, 0.717) is 0 Å². The van der Waals surface area contributed by atoms with Gasteiger partial charge < -0.3 is 5.32 Å². The van der Waals surface area contributed by atoms with Gasteiger partial charge in [0.05, 0.1) is 6.04 Å². The summed E-state index contributed by atoms with van der Waals surface area (Å²) >= 11 is 0. The molecule has 64 valence electrons. The molecule has 1 aliphatic rings. The van der Waals surface area contributed by atoms with Crippen molar-refractivity contribution in [1.29, 1.82) is 0 Å². The SMILES string of the molecule is CCN1CCCC1C(=O)NC. The van der Waals surface area contributed by atoms with E-state index in [1.165, 1.54) is 0 Å². The number of likely N-dealkylation sites (N-methyl/N-ethyl adjacent to an activating group) is 2. The molecule has 1 rings (SSSR count). The highest BCUT2D eigenvalue weighted by Gasteiger charge is 2.28. The Bertz CT molecular complexity index is 147. The van der Waals surface area contributed by atoms with Crippen LogP contribution in [0.5, 0.6) is 0 Å². The summed E-state index contributed by atoms with van der Waals surface area (Å²) in [5.74, 6) is 0.171. The summed E-state index contributed by atoms with van der Waals surface area (Å²) in [7, 11) is 1.70. The second kappa shape index (κ2) is 3.72. The molecule has 0 radical (unpaired) electrons. The van der Waals surface area contributed by atoms with Crippen LogP contribution >= 0.6 is 0 Å². The molecule has 0 spiro atoms. The summed E-state index contributed by atoms with van der Waals surface area (Å²) in [6, 6.07) is 0.144. The third kappa shape index (κ3) is 1.71. The summed E-state index contributed by atoms with van der Waals surface area (Å²) < 4.78 is 0. The maximum Gasteiger partial charge on any atom is 0.237 e. The molecule has 0 aliphatic carbocycles. The van der Waals surface area contributed by atoms with Gasteiger partial charge in [0.15, 0.2) is 0 Å². The van der Waals surface area contributed by atoms with Crippen LogP contribution in [0.25, 0.3) is 0 Å². The standard InChI is InChI=1S/C8H16N2O/c1-3-10-6-4-5-7(10)8(11)9-2/h7H,3-6H2,1-2H3,(H,9,11). The normalized spacial score (nSPS) is 25.5. The number of carbonyl (C=O) groups is 1. The molecule has 1 saturated heterocycles. The van der Waals surface area contributed by atoms with Crippen molar-refractivity contribution in [3.05, 3.63) is 0 Å². The van der Waals surface area contributed by atoms with Gasteiger partial charge in [-0.15, -0.1) is 0 Å². The summed E-state index contributed by atoms with van der Waals surface area (Å²) in [4.78, 5) is 13.5. The van der Waals surface area contributed by atoms with Gasteiger partial charge in [0.2, 0.25) is 5.91 Å². The predicted octanol–water partition coefficient (Wildman–Crippen LogP) is 0.217. The Morgan fingerprint density at radius 1 is 1.73 bits per heavy atom. The minimum absolute atomic E-state index is 0.144. The van der Waals surface area contributed by atoms with Crippen molar-refractivity contribution >= 4 is 5.91 Å². The van der Waals surface area contributed by atoms with Crippen molar-refractivity contribution in [3.8, 4) is 0 Å². The van der Waals surface area contributed by atoms with Crippen molar-refractivity contribution in [1.82, 2.24) is 10.2 Å². The van der Waals surface area contributed by atoms with Crippen LogP contribution in [0.1, 0.15) is 19.8 Å². The van der Waals surface area contributed by atoms with E-state index < -0.39 is 0 Å². The number of likely N-dealkylation sites (tertiary alicyclic amines) is 1. The van der Waals surface area contributed by atoms with Crippen LogP contribution in [0.4, 0.5) is 0 Å². The zero-order valence-electron chi connectivity index (χ0n) is 7.26. The van der Waals surface area contributed by atoms with Crippen molar-refractivity contribution in [2.24, 2.45) is 0 Å². The quantitative estimate of drug-likeness (QED) is 0.620. The van der Waals surface area contributed by atoms with Crippen molar-refractivity contribution in [2.75, 3.05) is 20.1 Å². The molecule has 0 aromatic heterocycles. The number of hydrogen-bond acceptors (Lipinski definition) is 2. The molecule has 0 saturated carbocycles. The third-order valence-electron chi connectivity index (χ3n) is 2.32. The monoisotopic (exact) mass is 156 g/mol. The largest absolute Gasteiger partial charge is 0.358 e. The van der Waals surface area contributed by atoms with Gasteiger partial charge in [-0.3, -0.25) is 9.69 Å². The zero-order valence-corrected chi connectivity index (χ0v) is 7.26. The average molecular weight is 156 g/mol. The van der Waals surface area contributed by atoms with Crippen LogP contribution < -0.4 is 5.32 Å². The van der Waals surface area contributed by atoms with Gasteiger partial charge in [0, 0.05) is 7.05 Å². The number of nitrogens with zero attached hydrogens (tertiary/aromatic N) is 1. The maximum atomic E-state index is 11.2. The van der Waals surface area contributed by atoms with Crippen LogP contribution in [0, 0.1) is 0 Å². The highest BCUT2D eigenvalue weighted by atomic mass is 16.2. The van der Waals surface area contributed by atoms with Gasteiger partial charge in [-0.25, -0.2) is 0 Å². The molecular formula is C8H16N2O. The van der Waals surface area contributed by atoms with E-state index in [2.05, 4.69) is 17.1 Å². The van der Waals surface area contributed by atoms with E-state index in [-0.39, 0.29) is 11.9 Å². The fourth-order valence-electron chi connectivity index (χ4n) is 1.67. The minimum Gasteiger partial charge on any atom is -0.358 e. The van der Waals surface area contributed by atoms with Gasteiger partial charge >= 0.3 is 0 Å². The minimum atomic E-state index is 0.144. The molecular weight excluding hydrogens is 140 g/mol. The first-order chi connectivity index (χ1) is 5.29. The molecule has 1 fully saturated rings. The smallest absolute Gasteiger partial charge is 0.237 e. The van der Waals surface area contributed by atoms with Crippen molar-refractivity contribution in [3.63, 3.8) is 0 Å². The molecule has 1 heterocycles. The summed E-state index contributed by atoms with van der Waals surface area (Å²) in [6.45, 7) is 4.16. The molecule has 1 N–H and O–H groups in total. The Kier molecular flexibility index (Phi) is 2.88. The number of carbonyl (C=O) groups excluding carboxylic acids is 1. The first-order valence-corrected chi connectivity index (χ1v) is 4.25. The van der Waals surface area contributed by atoms with Gasteiger partial charge in [-0.05, 0) is 25.9 Å². The van der Waals surface area contributed by atoms with E-state index >= 15 is 0 Å². The molecule has 1 atom stereocenters. The van der Waals surface area contributed by atoms with Crippen LogP contribution in [0.3, 0.4) is 0 Å². The molecule has 1 aliphatic heterocycles. The molecule has 1 unspecified atom stereocenters. The van der Waals surface area contributed by atoms with Gasteiger partial charge in [-0.1, -0.05) is 6.92 Å². The number of nitrogens with one attached hydrogen (secondary N) is 1. The van der Waals surface area contributed by atoms with Gasteiger partial charge in [-0.2, -0.15) is 0 Å². The van der Waals surface area contributed by atoms with Crippen LogP contribution in [0.15, 0.2) is 0 Å². The van der Waals surface area contributed by atoms with Crippen molar-refractivity contribution < 1.29 is 4.79 Å². The lowest BCUT2D eigenvalue weighted by Gasteiger charge is -2.20. The topological polar surface area (TPSA) is 32.3 Å².